The molecule has 0 bridgehead atoms. The molecule has 0 amide bonds. The number of aromatic nitrogens is 3. The second-order valence-corrected chi connectivity index (χ2v) is 16.4. The van der Waals surface area contributed by atoms with Crippen LogP contribution in [0.25, 0.3) is 5.52 Å². The van der Waals surface area contributed by atoms with E-state index in [1.807, 2.05) is 6.07 Å². The fraction of sp³-hybridized carbons (Fsp3) is 0.659. The van der Waals surface area contributed by atoms with E-state index in [2.05, 4.69) is 17.0 Å². The fourth-order valence-electron chi connectivity index (χ4n) is 6.52. The van der Waals surface area contributed by atoms with Gasteiger partial charge in [-0.25, -0.2) is 14.1 Å². The standard InChI is InChI=1S/C41H62ClN6O10P/c1-3-4-5-6-7-8-9-10-11-12-13-14-15-16-17-18-21-54-26-33(55-25-31-22-32(24-43)38(42)36(23-31)53-2)27-57-59(51,52)58-28-37(56-29-44)40(50)39(49)34-19-20-35-41(45)46-30-47-48(34)35/h19-20,22-23,30,33,37,39-40,49-50H,3-18,21,25-28H2,1-2H3,(H,51,52)(H2,45,46,47)/t33-,37-,39+,40-/m1/s1. The van der Waals surface area contributed by atoms with Gasteiger partial charge in [-0.1, -0.05) is 115 Å². The first-order chi connectivity index (χ1) is 28.5. The molecule has 1 unspecified atom stereocenters. The highest BCUT2D eigenvalue weighted by Crippen LogP contribution is 2.44. The number of nitrogens with two attached hydrogens (primary N) is 1. The summed E-state index contributed by atoms with van der Waals surface area (Å²) in [5.74, 6) is 0.418. The first-order valence-corrected chi connectivity index (χ1v) is 22.5. The highest BCUT2D eigenvalue weighted by atomic mass is 35.5. The van der Waals surface area contributed by atoms with Gasteiger partial charge in [-0.15, -0.1) is 0 Å². The van der Waals surface area contributed by atoms with Crippen molar-refractivity contribution in [3.63, 3.8) is 0 Å². The highest BCUT2D eigenvalue weighted by molar-refractivity contribution is 7.47. The maximum atomic E-state index is 13.0. The zero-order valence-electron chi connectivity index (χ0n) is 34.4. The number of hydrogen-bond donors (Lipinski definition) is 4. The Balaban J connectivity index is 1.46. The second kappa shape index (κ2) is 28.1. The number of aliphatic hydroxyl groups is 2. The molecule has 5 N–H and O–H groups in total. The van der Waals surface area contributed by atoms with Crippen LogP contribution in [0.1, 0.15) is 133 Å². The van der Waals surface area contributed by atoms with E-state index in [0.717, 1.165) is 25.6 Å². The van der Waals surface area contributed by atoms with E-state index in [9.17, 15) is 30.2 Å². The molecule has 5 atom stereocenters. The number of phosphoric acid groups is 1. The molecule has 59 heavy (non-hydrogen) atoms. The van der Waals surface area contributed by atoms with Crippen molar-refractivity contribution in [3.05, 3.63) is 52.4 Å². The van der Waals surface area contributed by atoms with Crippen molar-refractivity contribution < 1.29 is 47.7 Å². The molecule has 3 rings (SSSR count). The van der Waals surface area contributed by atoms with Gasteiger partial charge in [0.15, 0.2) is 11.9 Å². The molecule has 0 aliphatic rings. The lowest BCUT2D eigenvalue weighted by Crippen LogP contribution is -2.37. The van der Waals surface area contributed by atoms with Gasteiger partial charge in [0.1, 0.15) is 47.0 Å². The molecule has 2 aromatic heterocycles. The second-order valence-electron chi connectivity index (χ2n) is 14.5. The molecule has 0 saturated heterocycles. The summed E-state index contributed by atoms with van der Waals surface area (Å²) < 4.78 is 46.7. The number of nitrogen functional groups attached to an aromatic ring is 1. The molecule has 0 aliphatic carbocycles. The van der Waals surface area contributed by atoms with Gasteiger partial charge in [0.05, 0.1) is 44.8 Å². The Morgan fingerprint density at radius 1 is 0.898 bits per heavy atom. The fourth-order valence-corrected chi connectivity index (χ4v) is 7.51. The van der Waals surface area contributed by atoms with Crippen LogP contribution in [0.2, 0.25) is 5.02 Å². The Hall–Kier alpha value is -3.54. The number of nitrogens with zero attached hydrogens (tertiary/aromatic N) is 5. The van der Waals surface area contributed by atoms with Crippen molar-refractivity contribution in [2.24, 2.45) is 0 Å². The smallest absolute Gasteiger partial charge is 0.472 e. The molecule has 328 valence electrons. The third kappa shape index (κ3) is 17.9. The minimum atomic E-state index is -4.85. The summed E-state index contributed by atoms with van der Waals surface area (Å²) in [5, 5.41) is 44.7. The van der Waals surface area contributed by atoms with E-state index < -0.39 is 45.5 Å². The number of fused-ring (bicyclic) bond motifs is 1. The minimum absolute atomic E-state index is 0.0129. The summed E-state index contributed by atoms with van der Waals surface area (Å²) in [6, 6.07) is 8.16. The van der Waals surface area contributed by atoms with Crippen LogP contribution in [-0.2, 0) is 34.4 Å². The predicted molar refractivity (Wildman–Crippen MR) is 222 cm³/mol. The Bertz CT molecular complexity index is 1790. The molecular weight excluding hydrogens is 803 g/mol. The van der Waals surface area contributed by atoms with Gasteiger partial charge in [0.2, 0.25) is 0 Å². The summed E-state index contributed by atoms with van der Waals surface area (Å²) in [7, 11) is -3.42. The van der Waals surface area contributed by atoms with Gasteiger partial charge in [-0.2, -0.15) is 15.6 Å². The lowest BCUT2D eigenvalue weighted by atomic mass is 10.0. The molecule has 0 saturated carbocycles. The maximum Gasteiger partial charge on any atom is 0.472 e. The Morgan fingerprint density at radius 3 is 2.10 bits per heavy atom. The van der Waals surface area contributed by atoms with Crippen molar-refractivity contribution in [2.75, 3.05) is 39.3 Å². The van der Waals surface area contributed by atoms with E-state index in [1.54, 1.807) is 12.1 Å². The van der Waals surface area contributed by atoms with Crippen LogP contribution >= 0.6 is 19.4 Å². The molecule has 0 fully saturated rings. The average molecular weight is 865 g/mol. The molecule has 2 heterocycles. The summed E-state index contributed by atoms with van der Waals surface area (Å²) in [6.07, 6.45) is 16.7. The number of phosphoric ester groups is 1. The topological polar surface area (TPSA) is 237 Å². The normalized spacial score (nSPS) is 14.6. The largest absolute Gasteiger partial charge is 0.495 e. The average Bonchev–Trinajstić information content (AvgIpc) is 3.68. The first-order valence-electron chi connectivity index (χ1n) is 20.6. The Kier molecular flexibility index (Phi) is 23.7. The molecule has 0 aliphatic heterocycles. The third-order valence-corrected chi connectivity index (χ3v) is 11.3. The quantitative estimate of drug-likeness (QED) is 0.0257. The highest BCUT2D eigenvalue weighted by Gasteiger charge is 2.35. The van der Waals surface area contributed by atoms with Crippen LogP contribution in [-0.4, -0.2) is 81.6 Å². The summed E-state index contributed by atoms with van der Waals surface area (Å²) in [4.78, 5) is 14.4. The molecule has 18 heteroatoms. The van der Waals surface area contributed by atoms with Gasteiger partial charge in [-0.05, 0) is 36.2 Å². The minimum Gasteiger partial charge on any atom is -0.495 e. The molecule has 16 nitrogen and oxygen atoms in total. The number of ether oxygens (including phenoxy) is 4. The number of hydrogen-bond acceptors (Lipinski definition) is 14. The van der Waals surface area contributed by atoms with Crippen molar-refractivity contribution in [1.29, 1.82) is 10.5 Å². The number of benzene rings is 1. The van der Waals surface area contributed by atoms with E-state index in [0.29, 0.717) is 17.7 Å². The van der Waals surface area contributed by atoms with E-state index in [1.165, 1.54) is 113 Å². The van der Waals surface area contributed by atoms with Crippen LogP contribution < -0.4 is 10.5 Å². The van der Waals surface area contributed by atoms with E-state index >= 15 is 0 Å². The lowest BCUT2D eigenvalue weighted by Gasteiger charge is -2.25. The predicted octanol–water partition coefficient (Wildman–Crippen LogP) is 8.10. The van der Waals surface area contributed by atoms with Crippen molar-refractivity contribution in [1.82, 2.24) is 14.6 Å². The van der Waals surface area contributed by atoms with Crippen LogP contribution in [0.5, 0.6) is 5.75 Å². The first kappa shape index (κ1) is 49.8. The Morgan fingerprint density at radius 2 is 1.51 bits per heavy atom. The van der Waals surface area contributed by atoms with Gasteiger partial charge in [0.25, 0.3) is 6.26 Å². The molecular formula is C41H62ClN6O10P. The van der Waals surface area contributed by atoms with Crippen molar-refractivity contribution in [3.8, 4) is 18.1 Å². The molecule has 0 radical (unpaired) electrons. The summed E-state index contributed by atoms with van der Waals surface area (Å²) in [6.45, 7) is 1.41. The third-order valence-electron chi connectivity index (χ3n) is 9.92. The number of anilines is 1. The van der Waals surface area contributed by atoms with Gasteiger partial charge < -0.3 is 39.8 Å². The number of unbranched alkanes of at least 4 members (excludes halogenated alkanes) is 15. The number of methoxy groups -OCH3 is 1. The van der Waals surface area contributed by atoms with Gasteiger partial charge >= 0.3 is 7.82 Å². The van der Waals surface area contributed by atoms with Crippen LogP contribution in [0.4, 0.5) is 5.82 Å². The van der Waals surface area contributed by atoms with Crippen LogP contribution in [0.15, 0.2) is 30.6 Å². The van der Waals surface area contributed by atoms with Crippen LogP contribution in [0, 0.1) is 22.8 Å². The zero-order chi connectivity index (χ0) is 42.9. The molecule has 3 aromatic rings. The van der Waals surface area contributed by atoms with Crippen LogP contribution in [0.3, 0.4) is 0 Å². The SMILES string of the molecule is CCCCCCCCCCCCCCCCCCOC[C@H](COP(=O)(O)OC[C@@H](OC#N)[C@@H](O)[C@@H](O)c1ccc2c(N)ncnn12)OCc1cc(C#N)c(Cl)c(OC)c1. The van der Waals surface area contributed by atoms with E-state index in [4.69, 9.17) is 45.3 Å². The van der Waals surface area contributed by atoms with Crippen molar-refractivity contribution >= 4 is 30.8 Å². The summed E-state index contributed by atoms with van der Waals surface area (Å²) >= 11 is 6.23. The number of halogens is 1. The molecule has 0 spiro atoms. The monoisotopic (exact) mass is 864 g/mol. The number of nitriles is 2. The zero-order valence-corrected chi connectivity index (χ0v) is 36.0. The van der Waals surface area contributed by atoms with Crippen molar-refractivity contribution in [2.45, 2.75) is 141 Å². The lowest BCUT2D eigenvalue weighted by molar-refractivity contribution is -0.0821. The number of aliphatic hydroxyl groups excluding tert-OH is 2. The molecule has 1 aromatic carbocycles. The van der Waals surface area contributed by atoms with E-state index in [-0.39, 0.29) is 41.1 Å². The Labute approximate surface area is 353 Å². The van der Waals surface area contributed by atoms with Gasteiger partial charge in [-0.3, -0.25) is 9.05 Å². The van der Waals surface area contributed by atoms with Gasteiger partial charge in [0, 0.05) is 6.61 Å². The number of rotatable bonds is 33. The maximum absolute atomic E-state index is 13.0. The summed E-state index contributed by atoms with van der Waals surface area (Å²) in [5.41, 5.74) is 7.06.